The summed E-state index contributed by atoms with van der Waals surface area (Å²) in [4.78, 5) is 9.30. The number of hydrogen-bond donors (Lipinski definition) is 0. The first-order chi connectivity index (χ1) is 12.6. The van der Waals surface area contributed by atoms with E-state index in [1.165, 1.54) is 3.97 Å². The van der Waals surface area contributed by atoms with E-state index in [0.717, 1.165) is 43.7 Å². The Morgan fingerprint density at radius 3 is 2.46 bits per heavy atom. The number of likely N-dealkylation sites (N-methyl/N-ethyl adjacent to an activating group) is 1. The highest BCUT2D eigenvalue weighted by atomic mass is 32.2. The van der Waals surface area contributed by atoms with Gasteiger partial charge in [-0.15, -0.1) is 0 Å². The van der Waals surface area contributed by atoms with Crippen LogP contribution in [-0.2, 0) is 16.6 Å². The molecule has 0 N–H and O–H groups in total. The van der Waals surface area contributed by atoms with E-state index < -0.39 is 10.0 Å². The molecule has 3 aromatic rings. The van der Waals surface area contributed by atoms with Crippen molar-refractivity contribution < 1.29 is 8.42 Å². The highest BCUT2D eigenvalue weighted by Gasteiger charge is 2.23. The Morgan fingerprint density at radius 2 is 1.73 bits per heavy atom. The Morgan fingerprint density at radius 1 is 1.00 bits per heavy atom. The van der Waals surface area contributed by atoms with Crippen LogP contribution < -0.4 is 0 Å². The van der Waals surface area contributed by atoms with E-state index in [1.54, 1.807) is 36.7 Å². The fraction of sp³-hybridized carbons (Fsp3) is 0.316. The van der Waals surface area contributed by atoms with Crippen LogP contribution in [0, 0.1) is 0 Å². The molecule has 6 nitrogen and oxygen atoms in total. The summed E-state index contributed by atoms with van der Waals surface area (Å²) in [5.74, 6) is 0. The Balaban J connectivity index is 1.75. The Hall–Kier alpha value is -2.22. The third kappa shape index (κ3) is 3.13. The molecule has 2 aromatic heterocycles. The number of hydrogen-bond acceptors (Lipinski definition) is 5. The molecule has 7 heteroatoms. The second-order valence-corrected chi connectivity index (χ2v) is 8.54. The normalized spacial score (nSPS) is 17.0. The summed E-state index contributed by atoms with van der Waals surface area (Å²) in [5.41, 5.74) is 1.48. The van der Waals surface area contributed by atoms with Gasteiger partial charge in [0.05, 0.1) is 4.90 Å². The molecular weight excluding hydrogens is 348 g/mol. The molecule has 1 aromatic carbocycles. The Bertz CT molecular complexity index is 1010. The largest absolute Gasteiger partial charge is 0.304 e. The topological polar surface area (TPSA) is 58.4 Å². The van der Waals surface area contributed by atoms with Crippen LogP contribution in [0.25, 0.3) is 11.0 Å². The maximum atomic E-state index is 13.1. The van der Waals surface area contributed by atoms with Crippen LogP contribution in [0.5, 0.6) is 0 Å². The summed E-state index contributed by atoms with van der Waals surface area (Å²) in [6.45, 7) is 4.75. The molecule has 0 saturated carbocycles. The van der Waals surface area contributed by atoms with E-state index in [9.17, 15) is 8.42 Å². The van der Waals surface area contributed by atoms with Crippen LogP contribution in [0.1, 0.15) is 5.56 Å². The lowest BCUT2D eigenvalue weighted by Gasteiger charge is -2.32. The number of aromatic nitrogens is 2. The van der Waals surface area contributed by atoms with Gasteiger partial charge in [-0.1, -0.05) is 18.2 Å². The number of nitrogens with zero attached hydrogens (tertiary/aromatic N) is 4. The van der Waals surface area contributed by atoms with Crippen LogP contribution in [0.15, 0.2) is 59.8 Å². The SMILES string of the molecule is CN1CCN(Cc2cn(S(=O)(=O)c3ccccc3)c3ncccc23)CC1. The van der Waals surface area contributed by atoms with E-state index in [1.807, 2.05) is 18.2 Å². The molecule has 26 heavy (non-hydrogen) atoms. The number of fused-ring (bicyclic) bond motifs is 1. The molecule has 1 saturated heterocycles. The predicted molar refractivity (Wildman–Crippen MR) is 102 cm³/mol. The van der Waals surface area contributed by atoms with E-state index in [-0.39, 0.29) is 4.90 Å². The van der Waals surface area contributed by atoms with Crippen molar-refractivity contribution in [3.05, 3.63) is 60.4 Å². The number of piperazine rings is 1. The average Bonchev–Trinajstić information content (AvgIpc) is 3.04. The first-order valence-corrected chi connectivity index (χ1v) is 10.2. The van der Waals surface area contributed by atoms with Gasteiger partial charge in [0.1, 0.15) is 0 Å². The second-order valence-electron chi connectivity index (χ2n) is 6.72. The van der Waals surface area contributed by atoms with E-state index in [2.05, 4.69) is 21.8 Å². The molecule has 0 radical (unpaired) electrons. The fourth-order valence-corrected chi connectivity index (χ4v) is 4.72. The molecule has 0 aliphatic carbocycles. The van der Waals surface area contributed by atoms with Crippen LogP contribution in [0.3, 0.4) is 0 Å². The van der Waals surface area contributed by atoms with Gasteiger partial charge in [-0.05, 0) is 36.9 Å². The third-order valence-electron chi connectivity index (χ3n) is 4.90. The third-order valence-corrected chi connectivity index (χ3v) is 6.57. The molecule has 1 fully saturated rings. The number of rotatable bonds is 4. The van der Waals surface area contributed by atoms with Gasteiger partial charge in [0, 0.05) is 50.5 Å². The zero-order valence-corrected chi connectivity index (χ0v) is 15.6. The van der Waals surface area contributed by atoms with Crippen molar-refractivity contribution in [1.82, 2.24) is 18.8 Å². The maximum Gasteiger partial charge on any atom is 0.269 e. The molecule has 4 rings (SSSR count). The van der Waals surface area contributed by atoms with E-state index in [0.29, 0.717) is 5.65 Å². The van der Waals surface area contributed by atoms with Crippen molar-refractivity contribution in [2.45, 2.75) is 11.4 Å². The van der Waals surface area contributed by atoms with Crippen molar-refractivity contribution in [2.24, 2.45) is 0 Å². The van der Waals surface area contributed by atoms with Crippen molar-refractivity contribution in [2.75, 3.05) is 33.2 Å². The quantitative estimate of drug-likeness (QED) is 0.703. The molecule has 1 aliphatic heterocycles. The van der Waals surface area contributed by atoms with Gasteiger partial charge < -0.3 is 4.90 Å². The molecule has 0 spiro atoms. The molecule has 0 unspecified atom stereocenters. The molecule has 0 bridgehead atoms. The Kier molecular flexibility index (Phi) is 4.52. The summed E-state index contributed by atoms with van der Waals surface area (Å²) < 4.78 is 27.5. The summed E-state index contributed by atoms with van der Waals surface area (Å²) >= 11 is 0. The van der Waals surface area contributed by atoms with Gasteiger partial charge in [0.2, 0.25) is 0 Å². The maximum absolute atomic E-state index is 13.1. The standard InChI is InChI=1S/C19H22N4O2S/c1-21-10-12-22(13-11-21)14-16-15-23(19-18(16)8-5-9-20-19)26(24,25)17-6-3-2-4-7-17/h2-9,15H,10-14H2,1H3. The van der Waals surface area contributed by atoms with Crippen LogP contribution >= 0.6 is 0 Å². The number of pyridine rings is 1. The van der Waals surface area contributed by atoms with Crippen LogP contribution in [0.2, 0.25) is 0 Å². The molecular formula is C19H22N4O2S. The summed E-state index contributed by atoms with van der Waals surface area (Å²) in [5, 5.41) is 0.894. The van der Waals surface area contributed by atoms with Gasteiger partial charge in [0.15, 0.2) is 5.65 Å². The lowest BCUT2D eigenvalue weighted by atomic mass is 10.2. The van der Waals surface area contributed by atoms with Crippen molar-refractivity contribution in [3.8, 4) is 0 Å². The molecule has 3 heterocycles. The summed E-state index contributed by atoms with van der Waals surface area (Å²) in [6.07, 6.45) is 3.37. The van der Waals surface area contributed by atoms with Crippen LogP contribution in [-0.4, -0.2) is 60.4 Å². The molecule has 0 amide bonds. The van der Waals surface area contributed by atoms with Crippen molar-refractivity contribution in [1.29, 1.82) is 0 Å². The molecule has 136 valence electrons. The fourth-order valence-electron chi connectivity index (χ4n) is 3.36. The zero-order valence-electron chi connectivity index (χ0n) is 14.7. The van der Waals surface area contributed by atoms with Gasteiger partial charge >= 0.3 is 0 Å². The highest BCUT2D eigenvalue weighted by molar-refractivity contribution is 7.90. The number of benzene rings is 1. The zero-order chi connectivity index (χ0) is 18.1. The minimum Gasteiger partial charge on any atom is -0.304 e. The molecule has 1 aliphatic rings. The van der Waals surface area contributed by atoms with Crippen molar-refractivity contribution in [3.63, 3.8) is 0 Å². The lowest BCUT2D eigenvalue weighted by Crippen LogP contribution is -2.43. The summed E-state index contributed by atoms with van der Waals surface area (Å²) in [7, 11) is -1.54. The monoisotopic (exact) mass is 370 g/mol. The van der Waals surface area contributed by atoms with Gasteiger partial charge in [-0.3, -0.25) is 4.90 Å². The van der Waals surface area contributed by atoms with Gasteiger partial charge in [-0.2, -0.15) is 0 Å². The van der Waals surface area contributed by atoms with Crippen LogP contribution in [0.4, 0.5) is 0 Å². The minimum atomic E-state index is -3.67. The first-order valence-electron chi connectivity index (χ1n) is 8.72. The average molecular weight is 370 g/mol. The smallest absolute Gasteiger partial charge is 0.269 e. The summed E-state index contributed by atoms with van der Waals surface area (Å²) in [6, 6.07) is 12.3. The Labute approximate surface area is 153 Å². The van der Waals surface area contributed by atoms with Gasteiger partial charge in [0.25, 0.3) is 10.0 Å². The first kappa shape index (κ1) is 17.2. The highest BCUT2D eigenvalue weighted by Crippen LogP contribution is 2.25. The minimum absolute atomic E-state index is 0.272. The van der Waals surface area contributed by atoms with Crippen molar-refractivity contribution >= 4 is 21.1 Å². The van der Waals surface area contributed by atoms with E-state index in [4.69, 9.17) is 0 Å². The van der Waals surface area contributed by atoms with Gasteiger partial charge in [-0.25, -0.2) is 17.4 Å². The van der Waals surface area contributed by atoms with E-state index >= 15 is 0 Å². The molecule has 0 atom stereocenters. The lowest BCUT2D eigenvalue weighted by molar-refractivity contribution is 0.148. The second kappa shape index (κ2) is 6.83. The predicted octanol–water partition coefficient (Wildman–Crippen LogP) is 2.02.